The normalized spacial score (nSPS) is 19.4. The first kappa shape index (κ1) is 15.7. The molecule has 1 amide bonds. The summed E-state index contributed by atoms with van der Waals surface area (Å²) in [7, 11) is 1.63. The molecule has 0 bridgehead atoms. The van der Waals surface area contributed by atoms with Crippen molar-refractivity contribution in [1.29, 1.82) is 0 Å². The highest BCUT2D eigenvalue weighted by Crippen LogP contribution is 2.30. The second kappa shape index (κ2) is 6.83. The van der Waals surface area contributed by atoms with Crippen LogP contribution in [0.4, 0.5) is 11.4 Å². The van der Waals surface area contributed by atoms with Gasteiger partial charge in [0, 0.05) is 25.7 Å². The molecule has 116 valence electrons. The maximum atomic E-state index is 11.6. The number of nitrogens with zero attached hydrogens (tertiary/aromatic N) is 1. The number of carbonyl (C=O) groups excluding carboxylic acids is 1. The van der Waals surface area contributed by atoms with Gasteiger partial charge in [0.15, 0.2) is 0 Å². The number of nitrogens with two attached hydrogens (primary N) is 1. The predicted molar refractivity (Wildman–Crippen MR) is 88.6 cm³/mol. The lowest BCUT2D eigenvalue weighted by Crippen LogP contribution is -2.26. The lowest BCUT2D eigenvalue weighted by Gasteiger charge is -2.25. The van der Waals surface area contributed by atoms with Crippen LogP contribution in [0, 0.1) is 11.8 Å². The maximum Gasteiger partial charge on any atom is 0.251 e. The molecule has 4 heteroatoms. The second-order valence-electron chi connectivity index (χ2n) is 6.27. The Labute approximate surface area is 127 Å². The molecule has 1 heterocycles. The van der Waals surface area contributed by atoms with Crippen LogP contribution in [0.25, 0.3) is 0 Å². The molecule has 3 N–H and O–H groups in total. The highest BCUT2D eigenvalue weighted by Gasteiger charge is 2.21. The quantitative estimate of drug-likeness (QED) is 0.841. The molecule has 4 nitrogen and oxygen atoms in total. The SMILES string of the molecule is CNC(=O)c1ccc(N2CCCC(C(C)C)CC2)c(N)c1. The zero-order valence-corrected chi connectivity index (χ0v) is 13.4. The summed E-state index contributed by atoms with van der Waals surface area (Å²) in [4.78, 5) is 14.0. The molecule has 1 saturated heterocycles. The van der Waals surface area contributed by atoms with E-state index in [1.54, 1.807) is 13.1 Å². The van der Waals surface area contributed by atoms with Crippen molar-refractivity contribution in [3.8, 4) is 0 Å². The van der Waals surface area contributed by atoms with Crippen LogP contribution in [0.15, 0.2) is 18.2 Å². The Kier molecular flexibility index (Phi) is 5.10. The van der Waals surface area contributed by atoms with E-state index in [0.717, 1.165) is 30.6 Å². The van der Waals surface area contributed by atoms with Gasteiger partial charge in [-0.2, -0.15) is 0 Å². The number of nitrogen functional groups attached to an aromatic ring is 1. The number of amides is 1. The van der Waals surface area contributed by atoms with E-state index >= 15 is 0 Å². The van der Waals surface area contributed by atoms with Gasteiger partial charge in [0.2, 0.25) is 0 Å². The summed E-state index contributed by atoms with van der Waals surface area (Å²) >= 11 is 0. The van der Waals surface area contributed by atoms with Crippen molar-refractivity contribution in [1.82, 2.24) is 5.32 Å². The molecular formula is C17H27N3O. The monoisotopic (exact) mass is 289 g/mol. The zero-order valence-electron chi connectivity index (χ0n) is 13.4. The number of benzene rings is 1. The molecule has 1 aliphatic rings. The fourth-order valence-electron chi connectivity index (χ4n) is 3.16. The topological polar surface area (TPSA) is 58.4 Å². The van der Waals surface area contributed by atoms with Gasteiger partial charge in [-0.05, 0) is 49.3 Å². The number of hydrogen-bond acceptors (Lipinski definition) is 3. The largest absolute Gasteiger partial charge is 0.397 e. The summed E-state index contributed by atoms with van der Waals surface area (Å²) in [6.45, 7) is 6.72. The Morgan fingerprint density at radius 3 is 2.71 bits per heavy atom. The third-order valence-corrected chi connectivity index (χ3v) is 4.57. The summed E-state index contributed by atoms with van der Waals surface area (Å²) < 4.78 is 0. The van der Waals surface area contributed by atoms with Gasteiger partial charge in [-0.25, -0.2) is 0 Å². The van der Waals surface area contributed by atoms with Gasteiger partial charge in [0.05, 0.1) is 11.4 Å². The van der Waals surface area contributed by atoms with Crippen LogP contribution in [0.3, 0.4) is 0 Å². The van der Waals surface area contributed by atoms with Gasteiger partial charge in [0.1, 0.15) is 0 Å². The zero-order chi connectivity index (χ0) is 15.4. The van der Waals surface area contributed by atoms with Crippen molar-refractivity contribution < 1.29 is 4.79 Å². The Morgan fingerprint density at radius 2 is 2.10 bits per heavy atom. The van der Waals surface area contributed by atoms with E-state index in [4.69, 9.17) is 5.73 Å². The highest BCUT2D eigenvalue weighted by molar-refractivity contribution is 5.96. The molecule has 0 radical (unpaired) electrons. The summed E-state index contributed by atoms with van der Waals surface area (Å²) in [5.41, 5.74) is 8.54. The summed E-state index contributed by atoms with van der Waals surface area (Å²) in [5, 5.41) is 2.63. The predicted octanol–water partition coefficient (Wildman–Crippen LogP) is 2.89. The summed E-state index contributed by atoms with van der Waals surface area (Å²) in [6, 6.07) is 5.62. The number of rotatable bonds is 3. The van der Waals surface area contributed by atoms with Crippen molar-refractivity contribution in [3.05, 3.63) is 23.8 Å². The van der Waals surface area contributed by atoms with Crippen molar-refractivity contribution in [3.63, 3.8) is 0 Å². The van der Waals surface area contributed by atoms with E-state index in [-0.39, 0.29) is 5.91 Å². The van der Waals surface area contributed by atoms with E-state index in [2.05, 4.69) is 24.1 Å². The Morgan fingerprint density at radius 1 is 1.33 bits per heavy atom. The van der Waals surface area contributed by atoms with E-state index in [1.165, 1.54) is 19.3 Å². The first-order valence-corrected chi connectivity index (χ1v) is 7.89. The first-order valence-electron chi connectivity index (χ1n) is 7.89. The van der Waals surface area contributed by atoms with E-state index in [1.807, 2.05) is 12.1 Å². The summed E-state index contributed by atoms with van der Waals surface area (Å²) in [6.07, 6.45) is 3.72. The van der Waals surface area contributed by atoms with E-state index in [9.17, 15) is 4.79 Å². The molecule has 2 rings (SSSR count). The number of nitrogens with one attached hydrogen (secondary N) is 1. The Bertz CT molecular complexity index is 499. The molecule has 0 saturated carbocycles. The fraction of sp³-hybridized carbons (Fsp3) is 0.588. The molecule has 1 aromatic carbocycles. The van der Waals surface area contributed by atoms with Gasteiger partial charge in [-0.1, -0.05) is 13.8 Å². The molecule has 0 aromatic heterocycles. The van der Waals surface area contributed by atoms with Gasteiger partial charge < -0.3 is 16.0 Å². The molecule has 1 fully saturated rings. The third-order valence-electron chi connectivity index (χ3n) is 4.57. The second-order valence-corrected chi connectivity index (χ2v) is 6.27. The molecule has 1 unspecified atom stereocenters. The third kappa shape index (κ3) is 3.69. The smallest absolute Gasteiger partial charge is 0.251 e. The van der Waals surface area contributed by atoms with E-state index in [0.29, 0.717) is 11.3 Å². The van der Waals surface area contributed by atoms with E-state index < -0.39 is 0 Å². The van der Waals surface area contributed by atoms with Crippen LogP contribution in [-0.4, -0.2) is 26.0 Å². The van der Waals surface area contributed by atoms with Gasteiger partial charge in [0.25, 0.3) is 5.91 Å². The molecular weight excluding hydrogens is 262 g/mol. The number of anilines is 2. The molecule has 0 spiro atoms. The van der Waals surface area contributed by atoms with Crippen molar-refractivity contribution in [2.24, 2.45) is 11.8 Å². The van der Waals surface area contributed by atoms with Crippen LogP contribution in [0.2, 0.25) is 0 Å². The van der Waals surface area contributed by atoms with Crippen LogP contribution < -0.4 is 16.0 Å². The van der Waals surface area contributed by atoms with Gasteiger partial charge in [-0.3, -0.25) is 4.79 Å². The minimum Gasteiger partial charge on any atom is -0.397 e. The lowest BCUT2D eigenvalue weighted by atomic mass is 9.89. The molecule has 1 aliphatic heterocycles. The van der Waals surface area contributed by atoms with Gasteiger partial charge in [-0.15, -0.1) is 0 Å². The highest BCUT2D eigenvalue weighted by atomic mass is 16.1. The minimum atomic E-state index is -0.0935. The maximum absolute atomic E-state index is 11.6. The average molecular weight is 289 g/mol. The van der Waals surface area contributed by atoms with Gasteiger partial charge >= 0.3 is 0 Å². The molecule has 1 atom stereocenters. The number of hydrogen-bond donors (Lipinski definition) is 2. The fourth-order valence-corrected chi connectivity index (χ4v) is 3.16. The molecule has 1 aromatic rings. The molecule has 21 heavy (non-hydrogen) atoms. The Balaban J connectivity index is 2.13. The standard InChI is InChI=1S/C17H27N3O/c1-12(2)13-5-4-9-20(10-8-13)16-7-6-14(11-15(16)18)17(21)19-3/h6-7,11-13H,4-5,8-10,18H2,1-3H3,(H,19,21). The minimum absolute atomic E-state index is 0.0935. The van der Waals surface area contributed by atoms with Crippen LogP contribution in [-0.2, 0) is 0 Å². The van der Waals surface area contributed by atoms with Crippen LogP contribution >= 0.6 is 0 Å². The Hall–Kier alpha value is -1.71. The van der Waals surface area contributed by atoms with Crippen LogP contribution in [0.5, 0.6) is 0 Å². The lowest BCUT2D eigenvalue weighted by molar-refractivity contribution is 0.0963. The first-order chi connectivity index (χ1) is 10.0. The summed E-state index contributed by atoms with van der Waals surface area (Å²) in [5.74, 6) is 1.46. The van der Waals surface area contributed by atoms with Crippen molar-refractivity contribution >= 4 is 17.3 Å². The van der Waals surface area contributed by atoms with Crippen molar-refractivity contribution in [2.45, 2.75) is 33.1 Å². The molecule has 0 aliphatic carbocycles. The number of carbonyl (C=O) groups is 1. The average Bonchev–Trinajstić information content (AvgIpc) is 2.72. The van der Waals surface area contributed by atoms with Crippen molar-refractivity contribution in [2.75, 3.05) is 30.8 Å². The van der Waals surface area contributed by atoms with Crippen LogP contribution in [0.1, 0.15) is 43.5 Å².